The van der Waals surface area contributed by atoms with Crippen LogP contribution in [-0.4, -0.2) is 60.6 Å². The molecule has 2 aliphatic rings. The van der Waals surface area contributed by atoms with Crippen molar-refractivity contribution in [2.75, 3.05) is 32.8 Å². The van der Waals surface area contributed by atoms with Crippen molar-refractivity contribution in [2.24, 2.45) is 5.41 Å². The van der Waals surface area contributed by atoms with Gasteiger partial charge < -0.3 is 19.9 Å². The van der Waals surface area contributed by atoms with Crippen LogP contribution < -0.4 is 5.32 Å². The Bertz CT molecular complexity index is 657. The molecule has 0 spiro atoms. The minimum absolute atomic E-state index is 0.00101. The average Bonchev–Trinajstić information content (AvgIpc) is 2.55. The first-order valence-electron chi connectivity index (χ1n) is 8.84. The second-order valence-electron chi connectivity index (χ2n) is 7.58. The first-order valence-corrected chi connectivity index (χ1v) is 8.84. The van der Waals surface area contributed by atoms with Gasteiger partial charge in [0.25, 0.3) is 0 Å². The van der Waals surface area contributed by atoms with E-state index < -0.39 is 6.04 Å². The number of rotatable bonds is 4. The topological polar surface area (TPSA) is 61.9 Å². The molecule has 6 heteroatoms. The monoisotopic (exact) mass is 345 g/mol. The zero-order valence-corrected chi connectivity index (χ0v) is 15.2. The number of nitrogens with zero attached hydrogens (tertiary/aromatic N) is 2. The lowest BCUT2D eigenvalue weighted by Crippen LogP contribution is -2.60. The number of amides is 3. The van der Waals surface area contributed by atoms with Gasteiger partial charge in [0.2, 0.25) is 5.91 Å². The van der Waals surface area contributed by atoms with Gasteiger partial charge in [-0.2, -0.15) is 0 Å². The first kappa shape index (κ1) is 17.7. The van der Waals surface area contributed by atoms with E-state index in [4.69, 9.17) is 4.74 Å². The predicted octanol–water partition coefficient (Wildman–Crippen LogP) is 1.77. The second-order valence-corrected chi connectivity index (χ2v) is 7.58. The Morgan fingerprint density at radius 3 is 2.76 bits per heavy atom. The molecule has 1 aromatic carbocycles. The highest BCUT2D eigenvalue weighted by Crippen LogP contribution is 2.25. The molecule has 3 rings (SSSR count). The molecule has 1 N–H and O–H groups in total. The van der Waals surface area contributed by atoms with Gasteiger partial charge in [-0.15, -0.1) is 0 Å². The number of piperazine rings is 1. The number of aryl methyl sites for hydroxylation is 1. The van der Waals surface area contributed by atoms with Crippen molar-refractivity contribution < 1.29 is 14.3 Å². The Kier molecular flexibility index (Phi) is 4.99. The van der Waals surface area contributed by atoms with Crippen LogP contribution in [0.4, 0.5) is 4.79 Å². The SMILES string of the molecule is Cc1cccc(CN2CCN(C(=O)NCC3(C)COC3)[C@H](C)C2=O)c1. The summed E-state index contributed by atoms with van der Waals surface area (Å²) in [4.78, 5) is 28.6. The molecule has 0 radical (unpaired) electrons. The van der Waals surface area contributed by atoms with Crippen LogP contribution in [0.3, 0.4) is 0 Å². The van der Waals surface area contributed by atoms with Crippen molar-refractivity contribution >= 4 is 11.9 Å². The summed E-state index contributed by atoms with van der Waals surface area (Å²) in [5, 5.41) is 2.95. The fraction of sp³-hybridized carbons (Fsp3) is 0.579. The fourth-order valence-electron chi connectivity index (χ4n) is 3.34. The van der Waals surface area contributed by atoms with E-state index in [0.717, 1.165) is 5.56 Å². The van der Waals surface area contributed by atoms with Crippen molar-refractivity contribution in [2.45, 2.75) is 33.4 Å². The Balaban J connectivity index is 1.56. The van der Waals surface area contributed by atoms with Gasteiger partial charge in [0.05, 0.1) is 13.2 Å². The highest BCUT2D eigenvalue weighted by atomic mass is 16.5. The van der Waals surface area contributed by atoms with Crippen LogP contribution in [0.25, 0.3) is 0 Å². The van der Waals surface area contributed by atoms with E-state index in [-0.39, 0.29) is 17.4 Å². The molecule has 0 aromatic heterocycles. The summed E-state index contributed by atoms with van der Waals surface area (Å²) in [7, 11) is 0. The molecule has 2 saturated heterocycles. The summed E-state index contributed by atoms with van der Waals surface area (Å²) in [6, 6.07) is 7.58. The molecular formula is C19H27N3O3. The van der Waals surface area contributed by atoms with E-state index >= 15 is 0 Å². The average molecular weight is 345 g/mol. The number of urea groups is 1. The lowest BCUT2D eigenvalue weighted by atomic mass is 9.89. The Hall–Kier alpha value is -2.08. The van der Waals surface area contributed by atoms with Crippen LogP contribution in [0.1, 0.15) is 25.0 Å². The van der Waals surface area contributed by atoms with E-state index in [1.807, 2.05) is 30.0 Å². The number of ether oxygens (including phenoxy) is 1. The van der Waals surface area contributed by atoms with E-state index in [0.29, 0.717) is 39.4 Å². The van der Waals surface area contributed by atoms with Gasteiger partial charge in [0.15, 0.2) is 0 Å². The third-order valence-electron chi connectivity index (χ3n) is 5.03. The molecular weight excluding hydrogens is 318 g/mol. The lowest BCUT2D eigenvalue weighted by molar-refractivity contribution is -0.140. The number of carbonyl (C=O) groups excluding carboxylic acids is 2. The summed E-state index contributed by atoms with van der Waals surface area (Å²) >= 11 is 0. The van der Waals surface area contributed by atoms with Crippen molar-refractivity contribution in [3.63, 3.8) is 0 Å². The van der Waals surface area contributed by atoms with Crippen molar-refractivity contribution in [1.29, 1.82) is 0 Å². The molecule has 0 unspecified atom stereocenters. The molecule has 1 aromatic rings. The highest BCUT2D eigenvalue weighted by Gasteiger charge is 2.37. The van der Waals surface area contributed by atoms with Crippen LogP contribution in [0, 0.1) is 12.3 Å². The normalized spacial score (nSPS) is 22.5. The summed E-state index contributed by atoms with van der Waals surface area (Å²) in [5.41, 5.74) is 2.33. The first-order chi connectivity index (χ1) is 11.9. The van der Waals surface area contributed by atoms with Gasteiger partial charge >= 0.3 is 6.03 Å². The van der Waals surface area contributed by atoms with E-state index in [9.17, 15) is 9.59 Å². The van der Waals surface area contributed by atoms with Gasteiger partial charge in [-0.1, -0.05) is 36.8 Å². The highest BCUT2D eigenvalue weighted by molar-refractivity contribution is 5.88. The van der Waals surface area contributed by atoms with Crippen LogP contribution in [0.5, 0.6) is 0 Å². The predicted molar refractivity (Wildman–Crippen MR) is 95.1 cm³/mol. The zero-order chi connectivity index (χ0) is 18.0. The second kappa shape index (κ2) is 7.04. The summed E-state index contributed by atoms with van der Waals surface area (Å²) in [6.45, 7) is 9.57. The molecule has 25 heavy (non-hydrogen) atoms. The van der Waals surface area contributed by atoms with E-state index in [1.54, 1.807) is 11.8 Å². The molecule has 1 atom stereocenters. The maximum absolute atomic E-state index is 12.7. The summed E-state index contributed by atoms with van der Waals surface area (Å²) < 4.78 is 5.21. The van der Waals surface area contributed by atoms with Gasteiger partial charge in [0.1, 0.15) is 6.04 Å². The standard InChI is InChI=1S/C19H27N3O3/c1-14-5-4-6-16(9-14)10-21-7-8-22(15(2)17(21)23)18(24)20-11-19(3)12-25-13-19/h4-6,9,15H,7-8,10-13H2,1-3H3,(H,20,24)/t15-/m1/s1. The van der Waals surface area contributed by atoms with Crippen LogP contribution in [0.2, 0.25) is 0 Å². The Labute approximate surface area is 149 Å². The third kappa shape index (κ3) is 3.95. The number of hydrogen-bond donors (Lipinski definition) is 1. The number of hydrogen-bond acceptors (Lipinski definition) is 3. The quantitative estimate of drug-likeness (QED) is 0.905. The smallest absolute Gasteiger partial charge is 0.318 e. The molecule has 2 heterocycles. The van der Waals surface area contributed by atoms with E-state index in [2.05, 4.69) is 18.3 Å². The third-order valence-corrected chi connectivity index (χ3v) is 5.03. The zero-order valence-electron chi connectivity index (χ0n) is 15.2. The summed E-state index contributed by atoms with van der Waals surface area (Å²) in [6.07, 6.45) is 0. The molecule has 6 nitrogen and oxygen atoms in total. The fourth-order valence-corrected chi connectivity index (χ4v) is 3.34. The molecule has 2 fully saturated rings. The van der Waals surface area contributed by atoms with E-state index in [1.165, 1.54) is 5.56 Å². The van der Waals surface area contributed by atoms with Crippen molar-refractivity contribution in [3.05, 3.63) is 35.4 Å². The van der Waals surface area contributed by atoms with Crippen LogP contribution in [-0.2, 0) is 16.1 Å². The van der Waals surface area contributed by atoms with Crippen molar-refractivity contribution in [1.82, 2.24) is 15.1 Å². The van der Waals surface area contributed by atoms with Crippen LogP contribution in [0.15, 0.2) is 24.3 Å². The molecule has 0 saturated carbocycles. The van der Waals surface area contributed by atoms with Crippen LogP contribution >= 0.6 is 0 Å². The number of benzene rings is 1. The minimum Gasteiger partial charge on any atom is -0.380 e. The maximum Gasteiger partial charge on any atom is 0.318 e. The van der Waals surface area contributed by atoms with Gasteiger partial charge in [-0.05, 0) is 19.4 Å². The van der Waals surface area contributed by atoms with Gasteiger partial charge in [-0.3, -0.25) is 4.79 Å². The minimum atomic E-state index is -0.441. The molecule has 2 aliphatic heterocycles. The number of nitrogens with one attached hydrogen (secondary N) is 1. The Morgan fingerprint density at radius 2 is 2.12 bits per heavy atom. The summed E-state index contributed by atoms with van der Waals surface area (Å²) in [5.74, 6) is 0.00101. The van der Waals surface area contributed by atoms with Gasteiger partial charge in [0, 0.05) is 31.6 Å². The molecule has 3 amide bonds. The maximum atomic E-state index is 12.7. The lowest BCUT2D eigenvalue weighted by Gasteiger charge is -2.41. The molecule has 0 bridgehead atoms. The number of carbonyl (C=O) groups is 2. The van der Waals surface area contributed by atoms with Gasteiger partial charge in [-0.25, -0.2) is 4.79 Å². The molecule has 136 valence electrons. The Morgan fingerprint density at radius 1 is 1.36 bits per heavy atom. The largest absolute Gasteiger partial charge is 0.380 e. The molecule has 0 aliphatic carbocycles. The van der Waals surface area contributed by atoms with Crippen molar-refractivity contribution in [3.8, 4) is 0 Å².